The molecule has 0 bridgehead atoms. The molecule has 0 amide bonds. The molecule has 0 aliphatic carbocycles. The van der Waals surface area contributed by atoms with E-state index in [1.165, 1.54) is 24.1 Å². The summed E-state index contributed by atoms with van der Waals surface area (Å²) in [5.74, 6) is 0.899. The van der Waals surface area contributed by atoms with Gasteiger partial charge in [0, 0.05) is 44.7 Å². The van der Waals surface area contributed by atoms with E-state index in [0.717, 1.165) is 44.2 Å². The van der Waals surface area contributed by atoms with Crippen LogP contribution >= 0.6 is 24.8 Å². The van der Waals surface area contributed by atoms with Crippen LogP contribution in [0.5, 0.6) is 0 Å². The molecule has 0 aromatic carbocycles. The molecule has 1 aromatic rings. The van der Waals surface area contributed by atoms with E-state index in [9.17, 15) is 0 Å². The lowest BCUT2D eigenvalue weighted by Crippen LogP contribution is -2.31. The molecule has 1 saturated heterocycles. The van der Waals surface area contributed by atoms with Crippen molar-refractivity contribution in [2.75, 3.05) is 31.6 Å². The summed E-state index contributed by atoms with van der Waals surface area (Å²) in [6, 6.07) is 0. The molecule has 2 N–H and O–H groups in total. The first-order valence-electron chi connectivity index (χ1n) is 6.80. The van der Waals surface area contributed by atoms with Crippen LogP contribution in [0.25, 0.3) is 0 Å². The minimum absolute atomic E-state index is 0. The van der Waals surface area contributed by atoms with E-state index in [1.807, 2.05) is 0 Å². The van der Waals surface area contributed by atoms with E-state index in [4.69, 9.17) is 10.7 Å². The van der Waals surface area contributed by atoms with E-state index in [-0.39, 0.29) is 24.8 Å². The SMILES string of the molecule is CN1CCc2nc(N3CCCC3)nc(CN)c2C1.Cl.Cl. The molecule has 114 valence electrons. The zero-order chi connectivity index (χ0) is 12.5. The highest BCUT2D eigenvalue weighted by Gasteiger charge is 2.22. The zero-order valence-electron chi connectivity index (χ0n) is 11.8. The van der Waals surface area contributed by atoms with Gasteiger partial charge < -0.3 is 15.5 Å². The van der Waals surface area contributed by atoms with E-state index < -0.39 is 0 Å². The minimum Gasteiger partial charge on any atom is -0.341 e. The number of hydrogen-bond acceptors (Lipinski definition) is 5. The van der Waals surface area contributed by atoms with Gasteiger partial charge in [-0.2, -0.15) is 0 Å². The summed E-state index contributed by atoms with van der Waals surface area (Å²) in [4.78, 5) is 14.1. The molecule has 2 aliphatic heterocycles. The lowest BCUT2D eigenvalue weighted by Gasteiger charge is -2.27. The Morgan fingerprint density at radius 1 is 1.10 bits per heavy atom. The number of likely N-dealkylation sites (N-methyl/N-ethyl adjacent to an activating group) is 1. The van der Waals surface area contributed by atoms with Crippen molar-refractivity contribution in [2.24, 2.45) is 5.73 Å². The average molecular weight is 320 g/mol. The monoisotopic (exact) mass is 319 g/mol. The van der Waals surface area contributed by atoms with Crippen LogP contribution in [0.2, 0.25) is 0 Å². The molecular weight excluding hydrogens is 297 g/mol. The van der Waals surface area contributed by atoms with Gasteiger partial charge in [-0.25, -0.2) is 9.97 Å². The third-order valence-corrected chi connectivity index (χ3v) is 3.91. The highest BCUT2D eigenvalue weighted by atomic mass is 35.5. The number of halogens is 2. The maximum atomic E-state index is 5.86. The number of anilines is 1. The fourth-order valence-electron chi connectivity index (χ4n) is 2.83. The third kappa shape index (κ3) is 3.34. The average Bonchev–Trinajstić information content (AvgIpc) is 2.91. The first-order valence-corrected chi connectivity index (χ1v) is 6.80. The summed E-state index contributed by atoms with van der Waals surface area (Å²) < 4.78 is 0. The lowest BCUT2D eigenvalue weighted by molar-refractivity contribution is 0.307. The molecule has 1 aromatic heterocycles. The quantitative estimate of drug-likeness (QED) is 0.892. The van der Waals surface area contributed by atoms with E-state index in [2.05, 4.69) is 21.8 Å². The molecule has 0 saturated carbocycles. The Kier molecular flexibility index (Phi) is 6.45. The van der Waals surface area contributed by atoms with Gasteiger partial charge in [0.1, 0.15) is 0 Å². The van der Waals surface area contributed by atoms with Gasteiger partial charge in [-0.05, 0) is 19.9 Å². The first-order chi connectivity index (χ1) is 8.78. The molecule has 2 aliphatic rings. The van der Waals surface area contributed by atoms with Crippen LogP contribution in [0, 0.1) is 0 Å². The Balaban J connectivity index is 0.000001000. The molecular formula is C13H23Cl2N5. The summed E-state index contributed by atoms with van der Waals surface area (Å²) in [5.41, 5.74) is 9.37. The topological polar surface area (TPSA) is 58.3 Å². The van der Waals surface area contributed by atoms with Crippen molar-refractivity contribution < 1.29 is 0 Å². The van der Waals surface area contributed by atoms with Gasteiger partial charge in [0.2, 0.25) is 5.95 Å². The number of aromatic nitrogens is 2. The zero-order valence-corrected chi connectivity index (χ0v) is 13.5. The third-order valence-electron chi connectivity index (χ3n) is 3.91. The predicted molar refractivity (Wildman–Crippen MR) is 85.9 cm³/mol. The molecule has 1 fully saturated rings. The molecule has 5 nitrogen and oxygen atoms in total. The Morgan fingerprint density at radius 3 is 2.45 bits per heavy atom. The molecule has 0 spiro atoms. The van der Waals surface area contributed by atoms with Crippen molar-refractivity contribution in [3.05, 3.63) is 17.0 Å². The summed E-state index contributed by atoms with van der Waals surface area (Å²) in [7, 11) is 2.14. The Morgan fingerprint density at radius 2 is 1.80 bits per heavy atom. The van der Waals surface area contributed by atoms with Crippen molar-refractivity contribution in [1.29, 1.82) is 0 Å². The number of nitrogens with zero attached hydrogens (tertiary/aromatic N) is 4. The van der Waals surface area contributed by atoms with Crippen LogP contribution in [0.15, 0.2) is 0 Å². The fourth-order valence-corrected chi connectivity index (χ4v) is 2.83. The smallest absolute Gasteiger partial charge is 0.225 e. The van der Waals surface area contributed by atoms with Crippen LogP contribution in [-0.2, 0) is 19.5 Å². The summed E-state index contributed by atoms with van der Waals surface area (Å²) in [5, 5.41) is 0. The molecule has 0 unspecified atom stereocenters. The first kappa shape index (κ1) is 17.4. The van der Waals surface area contributed by atoms with Crippen molar-refractivity contribution in [2.45, 2.75) is 32.4 Å². The number of rotatable bonds is 2. The van der Waals surface area contributed by atoms with Gasteiger partial charge >= 0.3 is 0 Å². The molecule has 3 heterocycles. The standard InChI is InChI=1S/C13H21N5.2ClH/c1-17-7-4-11-10(9-17)12(8-14)16-13(15-11)18-5-2-3-6-18;;/h2-9,14H2,1H3;2*1H. The van der Waals surface area contributed by atoms with Gasteiger partial charge in [0.05, 0.1) is 11.4 Å². The second-order valence-electron chi connectivity index (χ2n) is 5.28. The summed E-state index contributed by atoms with van der Waals surface area (Å²) in [6.07, 6.45) is 3.52. The Bertz CT molecular complexity index is 431. The highest BCUT2D eigenvalue weighted by Crippen LogP contribution is 2.23. The summed E-state index contributed by atoms with van der Waals surface area (Å²) >= 11 is 0. The predicted octanol–water partition coefficient (Wildman–Crippen LogP) is 1.37. The lowest BCUT2D eigenvalue weighted by atomic mass is 10.0. The second-order valence-corrected chi connectivity index (χ2v) is 5.28. The molecule has 3 rings (SSSR count). The summed E-state index contributed by atoms with van der Waals surface area (Å²) in [6.45, 7) is 4.69. The normalized spacial score (nSPS) is 18.2. The van der Waals surface area contributed by atoms with Crippen LogP contribution < -0.4 is 10.6 Å². The van der Waals surface area contributed by atoms with Gasteiger partial charge in [-0.3, -0.25) is 0 Å². The highest BCUT2D eigenvalue weighted by molar-refractivity contribution is 5.85. The molecule has 7 heteroatoms. The van der Waals surface area contributed by atoms with E-state index in [1.54, 1.807) is 0 Å². The molecule has 0 radical (unpaired) electrons. The van der Waals surface area contributed by atoms with Gasteiger partial charge in [-0.1, -0.05) is 0 Å². The van der Waals surface area contributed by atoms with Crippen molar-refractivity contribution in [1.82, 2.24) is 14.9 Å². The van der Waals surface area contributed by atoms with Crippen LogP contribution in [0.3, 0.4) is 0 Å². The van der Waals surface area contributed by atoms with E-state index in [0.29, 0.717) is 6.54 Å². The van der Waals surface area contributed by atoms with Crippen molar-refractivity contribution in [3.63, 3.8) is 0 Å². The van der Waals surface area contributed by atoms with E-state index >= 15 is 0 Å². The maximum Gasteiger partial charge on any atom is 0.225 e. The van der Waals surface area contributed by atoms with Crippen LogP contribution in [0.1, 0.15) is 29.8 Å². The Hall–Kier alpha value is -0.620. The number of hydrogen-bond donors (Lipinski definition) is 1. The second kappa shape index (κ2) is 7.41. The Labute approximate surface area is 132 Å². The largest absolute Gasteiger partial charge is 0.341 e. The van der Waals surface area contributed by atoms with Crippen LogP contribution in [0.4, 0.5) is 5.95 Å². The van der Waals surface area contributed by atoms with Crippen molar-refractivity contribution in [3.8, 4) is 0 Å². The van der Waals surface area contributed by atoms with Crippen LogP contribution in [-0.4, -0.2) is 41.5 Å². The number of nitrogens with two attached hydrogens (primary N) is 1. The maximum absolute atomic E-state index is 5.86. The van der Waals surface area contributed by atoms with Gasteiger partial charge in [0.25, 0.3) is 0 Å². The van der Waals surface area contributed by atoms with Crippen molar-refractivity contribution >= 4 is 30.8 Å². The molecule has 20 heavy (non-hydrogen) atoms. The minimum atomic E-state index is 0. The fraction of sp³-hybridized carbons (Fsp3) is 0.692. The molecule has 0 atom stereocenters. The number of fused-ring (bicyclic) bond motifs is 1. The van der Waals surface area contributed by atoms with Gasteiger partial charge in [-0.15, -0.1) is 24.8 Å². The van der Waals surface area contributed by atoms with Gasteiger partial charge in [0.15, 0.2) is 0 Å².